The summed E-state index contributed by atoms with van der Waals surface area (Å²) in [6.45, 7) is 1.60. The minimum absolute atomic E-state index is 0.0924. The fourth-order valence-electron chi connectivity index (χ4n) is 1.93. The van der Waals surface area contributed by atoms with Crippen molar-refractivity contribution in [3.63, 3.8) is 0 Å². The Balaban J connectivity index is 1.91. The Labute approximate surface area is 130 Å². The van der Waals surface area contributed by atoms with Gasteiger partial charge in [0, 0.05) is 24.4 Å². The molecule has 5 heteroatoms. The highest BCUT2D eigenvalue weighted by atomic mass is 16.5. The van der Waals surface area contributed by atoms with Crippen molar-refractivity contribution >= 4 is 5.91 Å². The van der Waals surface area contributed by atoms with Crippen LogP contribution in [-0.4, -0.2) is 43.0 Å². The van der Waals surface area contributed by atoms with E-state index in [0.717, 1.165) is 13.0 Å². The third-order valence-electron chi connectivity index (χ3n) is 3.02. The normalized spacial score (nSPS) is 10.5. The van der Waals surface area contributed by atoms with E-state index in [9.17, 15) is 4.79 Å². The van der Waals surface area contributed by atoms with Crippen molar-refractivity contribution in [3.8, 4) is 11.6 Å². The molecule has 5 nitrogen and oxygen atoms in total. The Kier molecular flexibility index (Phi) is 5.91. The second-order valence-corrected chi connectivity index (χ2v) is 5.21. The maximum Gasteiger partial charge on any atom is 0.251 e. The molecule has 2 rings (SSSR count). The first-order chi connectivity index (χ1) is 10.6. The fraction of sp³-hybridized carbons (Fsp3) is 0.294. The van der Waals surface area contributed by atoms with Gasteiger partial charge in [-0.05, 0) is 51.3 Å². The van der Waals surface area contributed by atoms with E-state index in [0.29, 0.717) is 23.7 Å². The first kappa shape index (κ1) is 16.0. The van der Waals surface area contributed by atoms with Crippen LogP contribution >= 0.6 is 0 Å². The van der Waals surface area contributed by atoms with E-state index in [4.69, 9.17) is 4.74 Å². The highest BCUT2D eigenvalue weighted by molar-refractivity contribution is 5.94. The van der Waals surface area contributed by atoms with E-state index in [2.05, 4.69) is 15.2 Å². The van der Waals surface area contributed by atoms with Gasteiger partial charge in [0.15, 0.2) is 0 Å². The second-order valence-electron chi connectivity index (χ2n) is 5.21. The Morgan fingerprint density at radius 2 is 2.09 bits per heavy atom. The van der Waals surface area contributed by atoms with Crippen molar-refractivity contribution in [1.82, 2.24) is 15.2 Å². The van der Waals surface area contributed by atoms with E-state index >= 15 is 0 Å². The van der Waals surface area contributed by atoms with Crippen LogP contribution in [0.5, 0.6) is 11.6 Å². The number of carbonyl (C=O) groups is 1. The van der Waals surface area contributed by atoms with Gasteiger partial charge in [0.2, 0.25) is 5.88 Å². The zero-order valence-electron chi connectivity index (χ0n) is 13.0. The molecule has 0 saturated carbocycles. The summed E-state index contributed by atoms with van der Waals surface area (Å²) in [5.41, 5.74) is 0.582. The number of pyridine rings is 1. The topological polar surface area (TPSA) is 54.5 Å². The molecule has 0 aliphatic heterocycles. The molecule has 0 saturated heterocycles. The molecule has 0 unspecified atom stereocenters. The highest BCUT2D eigenvalue weighted by Crippen LogP contribution is 2.19. The number of nitrogens with zero attached hydrogens (tertiary/aromatic N) is 2. The standard InChI is InChI=1S/C17H21N3O2/c1-20(2)12-6-11-19-17(21)14-7-5-8-15(13-14)22-16-9-3-4-10-18-16/h3-5,7-10,13H,6,11-12H2,1-2H3,(H,19,21). The number of hydrogen-bond donors (Lipinski definition) is 1. The van der Waals surface area contributed by atoms with Crippen LogP contribution in [0.3, 0.4) is 0 Å². The first-order valence-corrected chi connectivity index (χ1v) is 7.27. The Bertz CT molecular complexity index is 600. The molecular weight excluding hydrogens is 278 g/mol. The summed E-state index contributed by atoms with van der Waals surface area (Å²) < 4.78 is 5.63. The molecule has 0 bridgehead atoms. The van der Waals surface area contributed by atoms with Crippen LogP contribution in [0.2, 0.25) is 0 Å². The van der Waals surface area contributed by atoms with Gasteiger partial charge in [-0.25, -0.2) is 4.98 Å². The Hall–Kier alpha value is -2.40. The van der Waals surface area contributed by atoms with Crippen molar-refractivity contribution in [2.24, 2.45) is 0 Å². The summed E-state index contributed by atoms with van der Waals surface area (Å²) in [4.78, 5) is 18.3. The largest absolute Gasteiger partial charge is 0.439 e. The Morgan fingerprint density at radius 3 is 2.82 bits per heavy atom. The van der Waals surface area contributed by atoms with Crippen molar-refractivity contribution in [1.29, 1.82) is 0 Å². The molecule has 0 aliphatic rings. The molecule has 1 aromatic carbocycles. The van der Waals surface area contributed by atoms with Gasteiger partial charge in [-0.2, -0.15) is 0 Å². The number of carbonyl (C=O) groups excluding carboxylic acids is 1. The molecule has 0 radical (unpaired) electrons. The van der Waals surface area contributed by atoms with E-state index in [1.165, 1.54) is 0 Å². The van der Waals surface area contributed by atoms with Gasteiger partial charge < -0.3 is 15.0 Å². The molecule has 1 heterocycles. The predicted molar refractivity (Wildman–Crippen MR) is 86.3 cm³/mol. The molecule has 0 aliphatic carbocycles. The van der Waals surface area contributed by atoms with Crippen LogP contribution in [0.25, 0.3) is 0 Å². The summed E-state index contributed by atoms with van der Waals surface area (Å²) >= 11 is 0. The number of aromatic nitrogens is 1. The number of amides is 1. The highest BCUT2D eigenvalue weighted by Gasteiger charge is 2.07. The van der Waals surface area contributed by atoms with Gasteiger partial charge >= 0.3 is 0 Å². The van der Waals surface area contributed by atoms with E-state index in [-0.39, 0.29) is 5.91 Å². The lowest BCUT2D eigenvalue weighted by Gasteiger charge is -2.10. The summed E-state index contributed by atoms with van der Waals surface area (Å²) in [7, 11) is 4.03. The molecule has 116 valence electrons. The summed E-state index contributed by atoms with van der Waals surface area (Å²) in [6, 6.07) is 12.5. The maximum absolute atomic E-state index is 12.1. The number of benzene rings is 1. The lowest BCUT2D eigenvalue weighted by atomic mass is 10.2. The third kappa shape index (κ3) is 5.18. The molecule has 1 N–H and O–H groups in total. The van der Waals surface area contributed by atoms with Crippen LogP contribution < -0.4 is 10.1 Å². The summed E-state index contributed by atoms with van der Waals surface area (Å²) in [6.07, 6.45) is 2.58. The fourth-order valence-corrected chi connectivity index (χ4v) is 1.93. The number of nitrogens with one attached hydrogen (secondary N) is 1. The molecule has 22 heavy (non-hydrogen) atoms. The van der Waals surface area contributed by atoms with Crippen molar-refractivity contribution < 1.29 is 9.53 Å². The van der Waals surface area contributed by atoms with Gasteiger partial charge in [-0.1, -0.05) is 12.1 Å². The minimum atomic E-state index is -0.0924. The van der Waals surface area contributed by atoms with Crippen molar-refractivity contribution in [2.75, 3.05) is 27.2 Å². The van der Waals surface area contributed by atoms with Crippen molar-refractivity contribution in [2.45, 2.75) is 6.42 Å². The van der Waals surface area contributed by atoms with Crippen LogP contribution in [0.4, 0.5) is 0 Å². The summed E-state index contributed by atoms with van der Waals surface area (Å²) in [5.74, 6) is 1.01. The van der Waals surface area contributed by atoms with Crippen LogP contribution in [-0.2, 0) is 0 Å². The molecule has 0 fully saturated rings. The number of hydrogen-bond acceptors (Lipinski definition) is 4. The van der Waals surface area contributed by atoms with Gasteiger partial charge in [0.05, 0.1) is 0 Å². The third-order valence-corrected chi connectivity index (χ3v) is 3.02. The van der Waals surface area contributed by atoms with E-state index < -0.39 is 0 Å². The SMILES string of the molecule is CN(C)CCCNC(=O)c1cccc(Oc2ccccn2)c1. The molecule has 0 atom stereocenters. The molecule has 2 aromatic rings. The van der Waals surface area contributed by atoms with E-state index in [1.807, 2.05) is 26.2 Å². The summed E-state index contributed by atoms with van der Waals surface area (Å²) in [5, 5.41) is 2.91. The average Bonchev–Trinajstić information content (AvgIpc) is 2.52. The number of rotatable bonds is 7. The maximum atomic E-state index is 12.1. The Morgan fingerprint density at radius 1 is 1.23 bits per heavy atom. The second kappa shape index (κ2) is 8.14. The molecule has 1 amide bonds. The van der Waals surface area contributed by atoms with E-state index in [1.54, 1.807) is 36.5 Å². The number of ether oxygens (including phenoxy) is 1. The minimum Gasteiger partial charge on any atom is -0.439 e. The van der Waals surface area contributed by atoms with Gasteiger partial charge in [0.25, 0.3) is 5.91 Å². The average molecular weight is 299 g/mol. The molecule has 1 aromatic heterocycles. The lowest BCUT2D eigenvalue weighted by molar-refractivity contribution is 0.0952. The van der Waals surface area contributed by atoms with Gasteiger partial charge in [0.1, 0.15) is 5.75 Å². The van der Waals surface area contributed by atoms with Crippen LogP contribution in [0.1, 0.15) is 16.8 Å². The van der Waals surface area contributed by atoms with Gasteiger partial charge in [-0.15, -0.1) is 0 Å². The van der Waals surface area contributed by atoms with Crippen molar-refractivity contribution in [3.05, 3.63) is 54.2 Å². The first-order valence-electron chi connectivity index (χ1n) is 7.27. The monoisotopic (exact) mass is 299 g/mol. The zero-order chi connectivity index (χ0) is 15.8. The van der Waals surface area contributed by atoms with Gasteiger partial charge in [-0.3, -0.25) is 4.79 Å². The lowest BCUT2D eigenvalue weighted by Crippen LogP contribution is -2.27. The van der Waals surface area contributed by atoms with Crippen LogP contribution in [0.15, 0.2) is 48.7 Å². The molecule has 0 spiro atoms. The smallest absolute Gasteiger partial charge is 0.251 e. The molecular formula is C17H21N3O2. The predicted octanol–water partition coefficient (Wildman–Crippen LogP) is 2.56. The quantitative estimate of drug-likeness (QED) is 0.798. The van der Waals surface area contributed by atoms with Crippen LogP contribution in [0, 0.1) is 0 Å². The zero-order valence-corrected chi connectivity index (χ0v) is 13.0.